The topological polar surface area (TPSA) is 9.86 Å². The number of para-hydroxylation sites is 1. The monoisotopic (exact) mass is 584 g/mol. The van der Waals surface area contributed by atoms with E-state index >= 15 is 0 Å². The van der Waals surface area contributed by atoms with Crippen LogP contribution < -0.4 is 0 Å². The molecule has 0 fully saturated rings. The van der Waals surface area contributed by atoms with Crippen molar-refractivity contribution in [3.8, 4) is 0 Å². The van der Waals surface area contributed by atoms with Gasteiger partial charge < -0.3 is 9.13 Å². The third-order valence-electron chi connectivity index (χ3n) is 11.0. The fourth-order valence-electron chi connectivity index (χ4n) is 8.76. The van der Waals surface area contributed by atoms with E-state index in [4.69, 9.17) is 0 Å². The summed E-state index contributed by atoms with van der Waals surface area (Å²) in [5.41, 5.74) is 9.68. The fraction of sp³-hybridized carbons (Fsp3) is 0.256. The third kappa shape index (κ3) is 4.30. The minimum atomic E-state index is 0.211. The lowest BCUT2D eigenvalue weighted by Gasteiger charge is -2.33. The van der Waals surface area contributed by atoms with Crippen LogP contribution in [0, 0.1) is 17.8 Å². The Bertz CT molecular complexity index is 2120. The van der Waals surface area contributed by atoms with Gasteiger partial charge >= 0.3 is 0 Å². The van der Waals surface area contributed by atoms with Crippen LogP contribution in [0.25, 0.3) is 44.4 Å². The number of allylic oxidation sites excluding steroid dienone is 11. The first-order valence-electron chi connectivity index (χ1n) is 17.0. The van der Waals surface area contributed by atoms with Crippen LogP contribution in [0.1, 0.15) is 61.5 Å². The lowest BCUT2D eigenvalue weighted by Crippen LogP contribution is -2.22. The third-order valence-corrected chi connectivity index (χ3v) is 11.0. The van der Waals surface area contributed by atoms with Gasteiger partial charge in [0, 0.05) is 27.4 Å². The van der Waals surface area contributed by atoms with Crippen molar-refractivity contribution in [3.05, 3.63) is 144 Å². The number of aromatic nitrogens is 2. The maximum Gasteiger partial charge on any atom is 0.0745 e. The lowest BCUT2D eigenvalue weighted by molar-refractivity contribution is 0.318. The highest BCUT2D eigenvalue weighted by Gasteiger charge is 2.32. The van der Waals surface area contributed by atoms with E-state index in [-0.39, 0.29) is 6.04 Å². The molecule has 0 saturated carbocycles. The van der Waals surface area contributed by atoms with E-state index in [0.717, 1.165) is 19.3 Å². The molecule has 0 N–H and O–H groups in total. The minimum absolute atomic E-state index is 0.211. The smallest absolute Gasteiger partial charge is 0.0745 e. The lowest BCUT2D eigenvalue weighted by atomic mass is 9.78. The number of aryl methyl sites for hydroxylation is 1. The highest BCUT2D eigenvalue weighted by Crippen LogP contribution is 2.46. The quantitative estimate of drug-likeness (QED) is 0.186. The van der Waals surface area contributed by atoms with E-state index in [1.54, 1.807) is 0 Å². The van der Waals surface area contributed by atoms with Gasteiger partial charge in [-0.2, -0.15) is 0 Å². The highest BCUT2D eigenvalue weighted by atomic mass is 15.1. The summed E-state index contributed by atoms with van der Waals surface area (Å²) >= 11 is 0. The van der Waals surface area contributed by atoms with Gasteiger partial charge in [-0.1, -0.05) is 128 Å². The Morgan fingerprint density at radius 3 is 2.42 bits per heavy atom. The molecule has 2 heteroatoms. The maximum atomic E-state index is 2.76. The average molecular weight is 585 g/mol. The fourth-order valence-corrected chi connectivity index (χ4v) is 8.76. The highest BCUT2D eigenvalue weighted by molar-refractivity contribution is 6.18. The summed E-state index contributed by atoms with van der Waals surface area (Å²) in [6, 6.07) is 25.4. The number of nitrogens with zero attached hydrogens (tertiary/aromatic N) is 2. The summed E-state index contributed by atoms with van der Waals surface area (Å²) in [5, 5.41) is 4.16. The minimum Gasteiger partial charge on any atom is -0.332 e. The molecule has 0 radical (unpaired) electrons. The van der Waals surface area contributed by atoms with Crippen molar-refractivity contribution in [3.63, 3.8) is 0 Å². The molecular weight excluding hydrogens is 544 g/mol. The van der Waals surface area contributed by atoms with E-state index in [9.17, 15) is 0 Å². The van der Waals surface area contributed by atoms with Crippen LogP contribution in [0.4, 0.5) is 0 Å². The summed E-state index contributed by atoms with van der Waals surface area (Å²) < 4.78 is 5.46. The number of fused-ring (bicyclic) bond motifs is 7. The van der Waals surface area contributed by atoms with Crippen LogP contribution in [0.15, 0.2) is 127 Å². The molecule has 0 saturated heterocycles. The summed E-state index contributed by atoms with van der Waals surface area (Å²) in [5.74, 6) is 1.65. The van der Waals surface area contributed by atoms with Gasteiger partial charge in [0.2, 0.25) is 0 Å². The molecule has 2 aromatic heterocycles. The Labute approximate surface area is 266 Å². The van der Waals surface area contributed by atoms with E-state index in [1.165, 1.54) is 67.9 Å². The Kier molecular flexibility index (Phi) is 6.44. The Balaban J connectivity index is 1.31. The second-order valence-electron chi connectivity index (χ2n) is 13.6. The van der Waals surface area contributed by atoms with Gasteiger partial charge in [0.05, 0.1) is 23.1 Å². The Morgan fingerprint density at radius 1 is 0.689 bits per heavy atom. The van der Waals surface area contributed by atoms with Gasteiger partial charge in [0.1, 0.15) is 0 Å². The van der Waals surface area contributed by atoms with Crippen molar-refractivity contribution in [2.75, 3.05) is 0 Å². The van der Waals surface area contributed by atoms with Crippen LogP contribution >= 0.6 is 0 Å². The normalized spacial score (nSPS) is 25.8. The molecule has 4 aliphatic rings. The maximum absolute atomic E-state index is 2.76. The zero-order chi connectivity index (χ0) is 29.9. The molecule has 2 heterocycles. The number of rotatable bonds is 4. The van der Waals surface area contributed by atoms with E-state index in [2.05, 4.69) is 150 Å². The molecule has 3 aromatic carbocycles. The molecule has 2 nitrogen and oxygen atoms in total. The SMILES string of the molecule is CC1C=CC(c2ccccc2)=CC1n1c2ccccc2c2ccc3c4c(n(C5C=CCC(C6C=CC=CC6)C5)c3c21)C=CCC4. The Hall–Kier alpha value is -4.56. The average Bonchev–Trinajstić information content (AvgIpc) is 3.62. The van der Waals surface area contributed by atoms with Crippen molar-refractivity contribution >= 4 is 44.4 Å². The van der Waals surface area contributed by atoms with Crippen LogP contribution in [0.3, 0.4) is 0 Å². The predicted octanol–water partition coefficient (Wildman–Crippen LogP) is 11.2. The molecule has 5 unspecified atom stereocenters. The first kappa shape index (κ1) is 26.8. The van der Waals surface area contributed by atoms with Crippen LogP contribution in [0.2, 0.25) is 0 Å². The molecule has 0 amide bonds. The van der Waals surface area contributed by atoms with Crippen molar-refractivity contribution < 1.29 is 0 Å². The molecule has 45 heavy (non-hydrogen) atoms. The first-order chi connectivity index (χ1) is 22.3. The zero-order valence-electron chi connectivity index (χ0n) is 26.0. The van der Waals surface area contributed by atoms with Gasteiger partial charge in [-0.15, -0.1) is 0 Å². The molecular formula is C43H40N2. The van der Waals surface area contributed by atoms with E-state index < -0.39 is 0 Å². The standard InChI is InChI=1S/C43H40N2/c1-29-23-24-33(31-15-6-3-7-16-31)28-41(29)45-40-22-11-9-20-36(40)38-26-25-37-35-19-8-10-21-39(35)44(42(37)43(38)45)34-18-12-17-32(27-34)30-13-4-2-5-14-30/h2-7,9-13,15-16,18,20-26,28-30,32,34,41H,8,14,17,19,27H2,1H3. The van der Waals surface area contributed by atoms with Crippen molar-refractivity contribution in [1.29, 1.82) is 0 Å². The number of hydrogen-bond donors (Lipinski definition) is 0. The molecule has 222 valence electrons. The summed E-state index contributed by atoms with van der Waals surface area (Å²) in [6.07, 6.45) is 32.1. The zero-order valence-corrected chi connectivity index (χ0v) is 26.0. The van der Waals surface area contributed by atoms with Crippen molar-refractivity contribution in [2.24, 2.45) is 17.8 Å². The van der Waals surface area contributed by atoms with Crippen LogP contribution in [-0.2, 0) is 6.42 Å². The number of hydrogen-bond acceptors (Lipinski definition) is 0. The first-order valence-corrected chi connectivity index (χ1v) is 17.0. The van der Waals surface area contributed by atoms with Gasteiger partial charge in [-0.05, 0) is 78.7 Å². The van der Waals surface area contributed by atoms with E-state index in [0.29, 0.717) is 23.8 Å². The molecule has 0 aliphatic heterocycles. The van der Waals surface area contributed by atoms with Gasteiger partial charge in [0.15, 0.2) is 0 Å². The van der Waals surface area contributed by atoms with Gasteiger partial charge in [0.25, 0.3) is 0 Å². The molecule has 5 aromatic rings. The van der Waals surface area contributed by atoms with Crippen molar-refractivity contribution in [1.82, 2.24) is 9.13 Å². The largest absolute Gasteiger partial charge is 0.332 e. The molecule has 9 rings (SSSR count). The van der Waals surface area contributed by atoms with Gasteiger partial charge in [-0.25, -0.2) is 0 Å². The molecule has 5 atom stereocenters. The van der Waals surface area contributed by atoms with Crippen LogP contribution in [-0.4, -0.2) is 9.13 Å². The Morgan fingerprint density at radius 2 is 1.53 bits per heavy atom. The number of benzene rings is 3. The van der Waals surface area contributed by atoms with Crippen LogP contribution in [0.5, 0.6) is 0 Å². The molecule has 4 aliphatic carbocycles. The second kappa shape index (κ2) is 10.8. The summed E-state index contributed by atoms with van der Waals surface area (Å²) in [4.78, 5) is 0. The predicted molar refractivity (Wildman–Crippen MR) is 191 cm³/mol. The summed E-state index contributed by atoms with van der Waals surface area (Å²) in [6.45, 7) is 2.38. The summed E-state index contributed by atoms with van der Waals surface area (Å²) in [7, 11) is 0. The van der Waals surface area contributed by atoms with Gasteiger partial charge in [-0.3, -0.25) is 0 Å². The van der Waals surface area contributed by atoms with E-state index in [1.807, 2.05) is 0 Å². The van der Waals surface area contributed by atoms with Crippen molar-refractivity contribution in [2.45, 2.75) is 51.1 Å². The second-order valence-corrected chi connectivity index (χ2v) is 13.6. The molecule has 0 spiro atoms. The molecule has 0 bridgehead atoms.